The molecule has 0 aliphatic carbocycles. The van der Waals surface area contributed by atoms with Crippen LogP contribution in [0.1, 0.15) is 12.0 Å². The van der Waals surface area contributed by atoms with E-state index in [1.54, 1.807) is 6.92 Å². The number of sulfonamides is 1. The zero-order valence-corrected chi connectivity index (χ0v) is 12.9. The first kappa shape index (κ1) is 16.0. The molecule has 2 atom stereocenters. The van der Waals surface area contributed by atoms with Crippen LogP contribution in [0.25, 0.3) is 0 Å². The number of nitrogens with zero attached hydrogens (tertiary/aromatic N) is 1. The van der Waals surface area contributed by atoms with Crippen LogP contribution >= 0.6 is 11.6 Å². The molecule has 5 N–H and O–H groups in total. The average molecular weight is 334 g/mol. The summed E-state index contributed by atoms with van der Waals surface area (Å²) in [5, 5.41) is 9.89. The lowest BCUT2D eigenvalue weighted by molar-refractivity contribution is -0.121. The normalized spacial score (nSPS) is 23.4. The first-order valence-corrected chi connectivity index (χ1v) is 8.01. The minimum atomic E-state index is -4.00. The average Bonchev–Trinajstić information content (AvgIpc) is 2.76. The maximum absolute atomic E-state index is 12.7. The van der Waals surface area contributed by atoms with Crippen LogP contribution in [0.4, 0.5) is 5.69 Å². The highest BCUT2D eigenvalue weighted by molar-refractivity contribution is 7.89. The van der Waals surface area contributed by atoms with Gasteiger partial charge in [-0.1, -0.05) is 11.6 Å². The molecule has 2 unspecified atom stereocenters. The Kier molecular flexibility index (Phi) is 4.16. The van der Waals surface area contributed by atoms with E-state index >= 15 is 0 Å². The number of benzene rings is 1. The summed E-state index contributed by atoms with van der Waals surface area (Å²) in [6, 6.07) is 1.62. The van der Waals surface area contributed by atoms with Gasteiger partial charge in [-0.2, -0.15) is 4.31 Å². The monoisotopic (exact) mass is 333 g/mol. The van der Waals surface area contributed by atoms with E-state index in [0.29, 0.717) is 5.56 Å². The van der Waals surface area contributed by atoms with Gasteiger partial charge in [0, 0.05) is 13.0 Å². The van der Waals surface area contributed by atoms with Crippen LogP contribution in [0.3, 0.4) is 0 Å². The molecule has 1 fully saturated rings. The van der Waals surface area contributed by atoms with Crippen molar-refractivity contribution in [3.8, 4) is 0 Å². The van der Waals surface area contributed by atoms with Gasteiger partial charge in [-0.25, -0.2) is 8.42 Å². The fraction of sp³-hybridized carbons (Fsp3) is 0.417. The molecule has 1 aromatic rings. The van der Waals surface area contributed by atoms with Crippen molar-refractivity contribution in [1.82, 2.24) is 4.31 Å². The molecular weight excluding hydrogens is 318 g/mol. The van der Waals surface area contributed by atoms with E-state index in [2.05, 4.69) is 0 Å². The summed E-state index contributed by atoms with van der Waals surface area (Å²) in [6.45, 7) is 1.39. The summed E-state index contributed by atoms with van der Waals surface area (Å²) in [5.74, 6) is -0.797. The van der Waals surface area contributed by atoms with Crippen molar-refractivity contribution >= 4 is 33.2 Å². The summed E-state index contributed by atoms with van der Waals surface area (Å²) < 4.78 is 26.3. The second-order valence-corrected chi connectivity index (χ2v) is 7.29. The van der Waals surface area contributed by atoms with Gasteiger partial charge in [0.15, 0.2) is 0 Å². The van der Waals surface area contributed by atoms with Gasteiger partial charge in [0.25, 0.3) is 0 Å². The highest BCUT2D eigenvalue weighted by Gasteiger charge is 2.43. The fourth-order valence-electron chi connectivity index (χ4n) is 2.38. The van der Waals surface area contributed by atoms with E-state index in [1.807, 2.05) is 0 Å². The number of aliphatic hydroxyl groups excluding tert-OH is 1. The number of hydrogen-bond acceptors (Lipinski definition) is 5. The number of aliphatic hydroxyl groups is 1. The van der Waals surface area contributed by atoms with Crippen molar-refractivity contribution in [3.05, 3.63) is 22.7 Å². The summed E-state index contributed by atoms with van der Waals surface area (Å²) in [6.07, 6.45) is -0.946. The maximum Gasteiger partial charge on any atom is 0.244 e. The zero-order chi connectivity index (χ0) is 15.9. The molecule has 0 spiro atoms. The first-order valence-electron chi connectivity index (χ1n) is 6.19. The Morgan fingerprint density at radius 2 is 2.10 bits per heavy atom. The largest absolute Gasteiger partial charge is 0.397 e. The number of amides is 1. The van der Waals surface area contributed by atoms with Gasteiger partial charge in [-0.15, -0.1) is 0 Å². The van der Waals surface area contributed by atoms with Gasteiger partial charge < -0.3 is 16.6 Å². The molecule has 1 heterocycles. The molecule has 0 radical (unpaired) electrons. The molecule has 116 valence electrons. The predicted octanol–water partition coefficient (Wildman–Crippen LogP) is -0.160. The topological polar surface area (TPSA) is 127 Å². The van der Waals surface area contributed by atoms with Crippen molar-refractivity contribution in [2.75, 3.05) is 12.3 Å². The highest BCUT2D eigenvalue weighted by Crippen LogP contribution is 2.31. The minimum Gasteiger partial charge on any atom is -0.397 e. The molecule has 9 heteroatoms. The molecule has 0 saturated carbocycles. The number of β-amino-alcohol motifs (C(OH)–C–C–N with tert-alkyl or cyclic N) is 1. The highest BCUT2D eigenvalue weighted by atomic mass is 35.5. The molecule has 1 aromatic carbocycles. The summed E-state index contributed by atoms with van der Waals surface area (Å²) in [7, 11) is -4.00. The number of hydrogen-bond donors (Lipinski definition) is 3. The summed E-state index contributed by atoms with van der Waals surface area (Å²) in [4.78, 5) is 11.3. The van der Waals surface area contributed by atoms with Crippen molar-refractivity contribution < 1.29 is 18.3 Å². The molecule has 1 saturated heterocycles. The second-order valence-electron chi connectivity index (χ2n) is 5.02. The van der Waals surface area contributed by atoms with Gasteiger partial charge >= 0.3 is 0 Å². The van der Waals surface area contributed by atoms with E-state index < -0.39 is 28.1 Å². The lowest BCUT2D eigenvalue weighted by Gasteiger charge is -2.22. The Morgan fingerprint density at radius 3 is 2.67 bits per heavy atom. The Balaban J connectivity index is 2.52. The molecule has 21 heavy (non-hydrogen) atoms. The Hall–Kier alpha value is -1.35. The molecule has 0 aromatic heterocycles. The van der Waals surface area contributed by atoms with E-state index in [0.717, 1.165) is 4.31 Å². The molecule has 7 nitrogen and oxygen atoms in total. The number of anilines is 1. The van der Waals surface area contributed by atoms with E-state index in [-0.39, 0.29) is 28.6 Å². The quantitative estimate of drug-likeness (QED) is 0.662. The van der Waals surface area contributed by atoms with Crippen LogP contribution in [-0.2, 0) is 14.8 Å². The van der Waals surface area contributed by atoms with E-state index in [1.165, 1.54) is 12.1 Å². The molecule has 1 aliphatic heterocycles. The maximum atomic E-state index is 12.7. The Morgan fingerprint density at radius 1 is 1.48 bits per heavy atom. The molecule has 1 amide bonds. The van der Waals surface area contributed by atoms with Crippen molar-refractivity contribution in [2.24, 2.45) is 5.73 Å². The smallest absolute Gasteiger partial charge is 0.244 e. The van der Waals surface area contributed by atoms with Crippen LogP contribution in [0, 0.1) is 6.92 Å². The Labute approximate surface area is 127 Å². The summed E-state index contributed by atoms with van der Waals surface area (Å²) >= 11 is 5.85. The van der Waals surface area contributed by atoms with Crippen molar-refractivity contribution in [3.63, 3.8) is 0 Å². The van der Waals surface area contributed by atoms with E-state index in [9.17, 15) is 18.3 Å². The number of halogens is 1. The number of carbonyl (C=O) groups is 1. The first-order chi connectivity index (χ1) is 9.64. The number of nitrogens with two attached hydrogens (primary N) is 2. The second kappa shape index (κ2) is 5.45. The van der Waals surface area contributed by atoms with Gasteiger partial charge in [0.05, 0.1) is 21.7 Å². The third-order valence-corrected chi connectivity index (χ3v) is 5.79. The third kappa shape index (κ3) is 2.84. The molecule has 1 aliphatic rings. The van der Waals surface area contributed by atoms with Crippen LogP contribution in [-0.4, -0.2) is 42.4 Å². The number of aryl methyl sites for hydroxylation is 1. The molecule has 0 bridgehead atoms. The van der Waals surface area contributed by atoms with Crippen LogP contribution in [0.15, 0.2) is 17.0 Å². The SMILES string of the molecule is Cc1cc(Cl)c(N)cc1S(=O)(=O)N1CC(O)CC1C(N)=O. The van der Waals surface area contributed by atoms with Gasteiger partial charge in [0.1, 0.15) is 6.04 Å². The van der Waals surface area contributed by atoms with Crippen LogP contribution in [0.2, 0.25) is 5.02 Å². The lowest BCUT2D eigenvalue weighted by Crippen LogP contribution is -2.43. The standard InChI is InChI=1S/C12H16ClN3O4S/c1-6-2-8(13)9(14)4-11(6)21(19,20)16-5-7(17)3-10(16)12(15)18/h2,4,7,10,17H,3,5,14H2,1H3,(H2,15,18). The number of nitrogen functional groups attached to an aromatic ring is 1. The third-order valence-electron chi connectivity index (χ3n) is 3.44. The zero-order valence-electron chi connectivity index (χ0n) is 11.3. The van der Waals surface area contributed by atoms with Gasteiger partial charge in [-0.3, -0.25) is 4.79 Å². The fourth-order valence-corrected chi connectivity index (χ4v) is 4.49. The van der Waals surface area contributed by atoms with Gasteiger partial charge in [-0.05, 0) is 24.6 Å². The number of primary amides is 1. The van der Waals surface area contributed by atoms with Crippen molar-refractivity contribution in [1.29, 1.82) is 0 Å². The van der Waals surface area contributed by atoms with Gasteiger partial charge in [0.2, 0.25) is 15.9 Å². The lowest BCUT2D eigenvalue weighted by atomic mass is 10.2. The summed E-state index contributed by atoms with van der Waals surface area (Å²) in [5.41, 5.74) is 11.4. The van der Waals surface area contributed by atoms with Crippen molar-refractivity contribution in [2.45, 2.75) is 30.4 Å². The number of rotatable bonds is 3. The van der Waals surface area contributed by atoms with E-state index in [4.69, 9.17) is 23.1 Å². The number of carbonyl (C=O) groups excluding carboxylic acids is 1. The molecule has 2 rings (SSSR count). The molecular formula is C12H16ClN3O4S. The Bertz CT molecular complexity index is 692. The van der Waals surface area contributed by atoms with Crippen LogP contribution < -0.4 is 11.5 Å². The minimum absolute atomic E-state index is 0.0172. The van der Waals surface area contributed by atoms with Crippen LogP contribution in [0.5, 0.6) is 0 Å². The predicted molar refractivity (Wildman–Crippen MR) is 78.1 cm³/mol.